The van der Waals surface area contributed by atoms with Gasteiger partial charge in [0.1, 0.15) is 11.4 Å². The summed E-state index contributed by atoms with van der Waals surface area (Å²) < 4.78 is 5.03. The predicted molar refractivity (Wildman–Crippen MR) is 74.9 cm³/mol. The molecule has 3 N–H and O–H groups in total. The average molecular weight is 290 g/mol. The Morgan fingerprint density at radius 3 is 2.71 bits per heavy atom. The van der Waals surface area contributed by atoms with Gasteiger partial charge in [-0.3, -0.25) is 14.9 Å². The van der Waals surface area contributed by atoms with Crippen molar-refractivity contribution in [1.29, 1.82) is 0 Å². The largest absolute Gasteiger partial charge is 0.375 e. The van der Waals surface area contributed by atoms with Crippen LogP contribution in [0.4, 0.5) is 11.4 Å². The molecule has 110 valence electrons. The molecule has 1 amide bonds. The lowest BCUT2D eigenvalue weighted by Crippen LogP contribution is -2.12. The number of carbonyl (C=O) groups is 1. The number of hydrogen-bond donors (Lipinski definition) is 2. The number of nitrogens with zero attached hydrogens (tertiary/aromatic N) is 2. The van der Waals surface area contributed by atoms with Crippen LogP contribution in [0.3, 0.4) is 0 Å². The summed E-state index contributed by atoms with van der Waals surface area (Å²) in [6.07, 6.45) is 0. The van der Waals surface area contributed by atoms with E-state index in [9.17, 15) is 14.9 Å². The van der Waals surface area contributed by atoms with Crippen LogP contribution in [-0.2, 0) is 6.54 Å². The van der Waals surface area contributed by atoms with E-state index < -0.39 is 10.8 Å². The zero-order valence-corrected chi connectivity index (χ0v) is 11.5. The number of rotatable bonds is 5. The van der Waals surface area contributed by atoms with Gasteiger partial charge in [0.05, 0.1) is 10.6 Å². The van der Waals surface area contributed by atoms with Gasteiger partial charge in [-0.2, -0.15) is 0 Å². The minimum atomic E-state index is -0.713. The number of nitro groups is 1. The third kappa shape index (κ3) is 2.99. The van der Waals surface area contributed by atoms with Crippen molar-refractivity contribution in [2.24, 2.45) is 5.73 Å². The van der Waals surface area contributed by atoms with Crippen LogP contribution in [0.5, 0.6) is 0 Å². The molecule has 0 atom stereocenters. The standard InChI is InChI=1S/C13H14N4O4/c1-7-10(8(2)21-16-7)6-15-11-4-3-9(13(14)18)5-12(11)17(19)20/h3-5,15H,6H2,1-2H3,(H2,14,18). The van der Waals surface area contributed by atoms with Crippen molar-refractivity contribution in [3.05, 3.63) is 50.9 Å². The first-order valence-corrected chi connectivity index (χ1v) is 6.14. The Kier molecular flexibility index (Phi) is 3.88. The fourth-order valence-corrected chi connectivity index (χ4v) is 1.92. The number of hydrogen-bond acceptors (Lipinski definition) is 6. The summed E-state index contributed by atoms with van der Waals surface area (Å²) >= 11 is 0. The second-order valence-corrected chi connectivity index (χ2v) is 4.51. The fraction of sp³-hybridized carbons (Fsp3) is 0.231. The molecule has 0 saturated heterocycles. The van der Waals surface area contributed by atoms with Crippen molar-refractivity contribution in [2.45, 2.75) is 20.4 Å². The molecule has 1 heterocycles. The van der Waals surface area contributed by atoms with Gasteiger partial charge < -0.3 is 15.6 Å². The zero-order chi connectivity index (χ0) is 15.6. The Labute approximate surface area is 120 Å². The van der Waals surface area contributed by atoms with Crippen LogP contribution in [0.1, 0.15) is 27.4 Å². The number of aromatic nitrogens is 1. The van der Waals surface area contributed by atoms with Gasteiger partial charge >= 0.3 is 0 Å². The molecule has 0 radical (unpaired) electrons. The Bertz CT molecular complexity index is 689. The van der Waals surface area contributed by atoms with E-state index in [1.54, 1.807) is 13.8 Å². The molecule has 2 aromatic rings. The highest BCUT2D eigenvalue weighted by Gasteiger charge is 2.17. The van der Waals surface area contributed by atoms with E-state index in [0.717, 1.165) is 17.3 Å². The molecule has 0 aliphatic heterocycles. The molecule has 8 heteroatoms. The molecule has 0 fully saturated rings. The van der Waals surface area contributed by atoms with Crippen LogP contribution in [0.15, 0.2) is 22.7 Å². The number of nitrogens with one attached hydrogen (secondary N) is 1. The number of nitro benzene ring substituents is 1. The second-order valence-electron chi connectivity index (χ2n) is 4.51. The smallest absolute Gasteiger partial charge is 0.293 e. The molecular weight excluding hydrogens is 276 g/mol. The number of amides is 1. The van der Waals surface area contributed by atoms with Crippen molar-refractivity contribution in [3.63, 3.8) is 0 Å². The van der Waals surface area contributed by atoms with Crippen LogP contribution >= 0.6 is 0 Å². The maximum Gasteiger partial charge on any atom is 0.293 e. The SMILES string of the molecule is Cc1noc(C)c1CNc1ccc(C(N)=O)cc1[N+](=O)[O-]. The van der Waals surface area contributed by atoms with Gasteiger partial charge in [-0.1, -0.05) is 5.16 Å². The van der Waals surface area contributed by atoms with Gasteiger partial charge in [0.15, 0.2) is 0 Å². The van der Waals surface area contributed by atoms with E-state index in [1.807, 2.05) is 0 Å². The Hall–Kier alpha value is -2.90. The summed E-state index contributed by atoms with van der Waals surface area (Å²) in [5, 5.41) is 17.8. The number of carbonyl (C=O) groups excluding carboxylic acids is 1. The Balaban J connectivity index is 2.28. The number of anilines is 1. The predicted octanol–water partition coefficient (Wildman–Crippen LogP) is 1.91. The lowest BCUT2D eigenvalue weighted by Gasteiger charge is -2.07. The summed E-state index contributed by atoms with van der Waals surface area (Å²) in [5.41, 5.74) is 6.85. The summed E-state index contributed by atoms with van der Waals surface area (Å²) in [7, 11) is 0. The molecule has 2 rings (SSSR count). The first-order chi connectivity index (χ1) is 9.90. The van der Waals surface area contributed by atoms with E-state index >= 15 is 0 Å². The summed E-state index contributed by atoms with van der Waals surface area (Å²) in [4.78, 5) is 21.6. The van der Waals surface area contributed by atoms with Gasteiger partial charge in [-0.15, -0.1) is 0 Å². The van der Waals surface area contributed by atoms with E-state index in [4.69, 9.17) is 10.3 Å². The quantitative estimate of drug-likeness (QED) is 0.640. The molecule has 1 aromatic heterocycles. The monoisotopic (exact) mass is 290 g/mol. The number of aryl methyl sites for hydroxylation is 2. The molecule has 0 saturated carbocycles. The maximum atomic E-state index is 11.1. The highest BCUT2D eigenvalue weighted by Crippen LogP contribution is 2.26. The average Bonchev–Trinajstić information content (AvgIpc) is 2.75. The number of nitrogens with two attached hydrogens (primary N) is 1. The summed E-state index contributed by atoms with van der Waals surface area (Å²) in [5.74, 6) is -0.0632. The Morgan fingerprint density at radius 1 is 1.48 bits per heavy atom. The van der Waals surface area contributed by atoms with E-state index in [0.29, 0.717) is 18.0 Å². The highest BCUT2D eigenvalue weighted by atomic mass is 16.6. The third-order valence-corrected chi connectivity index (χ3v) is 3.12. The lowest BCUT2D eigenvalue weighted by molar-refractivity contribution is -0.384. The van der Waals surface area contributed by atoms with Gasteiger partial charge in [0, 0.05) is 23.7 Å². The molecular formula is C13H14N4O4. The van der Waals surface area contributed by atoms with E-state index in [-0.39, 0.29) is 11.3 Å². The van der Waals surface area contributed by atoms with Gasteiger partial charge in [0.2, 0.25) is 5.91 Å². The molecule has 0 unspecified atom stereocenters. The molecule has 8 nitrogen and oxygen atoms in total. The molecule has 0 bridgehead atoms. The maximum absolute atomic E-state index is 11.1. The molecule has 0 aliphatic carbocycles. The normalized spacial score (nSPS) is 10.4. The first-order valence-electron chi connectivity index (χ1n) is 6.14. The fourth-order valence-electron chi connectivity index (χ4n) is 1.92. The van der Waals surface area contributed by atoms with Gasteiger partial charge in [-0.25, -0.2) is 0 Å². The topological polar surface area (TPSA) is 124 Å². The van der Waals surface area contributed by atoms with Crippen molar-refractivity contribution < 1.29 is 14.2 Å². The van der Waals surface area contributed by atoms with E-state index in [1.165, 1.54) is 12.1 Å². The highest BCUT2D eigenvalue weighted by molar-refractivity contribution is 5.94. The van der Waals surface area contributed by atoms with E-state index in [2.05, 4.69) is 10.5 Å². The first kappa shape index (κ1) is 14.5. The third-order valence-electron chi connectivity index (χ3n) is 3.12. The second kappa shape index (κ2) is 5.61. The molecule has 0 aliphatic rings. The van der Waals surface area contributed by atoms with Crippen LogP contribution in [0.25, 0.3) is 0 Å². The number of primary amides is 1. The Morgan fingerprint density at radius 2 is 2.19 bits per heavy atom. The van der Waals surface area contributed by atoms with Crippen molar-refractivity contribution in [3.8, 4) is 0 Å². The van der Waals surface area contributed by atoms with Crippen molar-refractivity contribution in [1.82, 2.24) is 5.16 Å². The van der Waals surface area contributed by atoms with Crippen LogP contribution < -0.4 is 11.1 Å². The minimum Gasteiger partial charge on any atom is -0.375 e. The van der Waals surface area contributed by atoms with Crippen LogP contribution in [-0.4, -0.2) is 16.0 Å². The van der Waals surface area contributed by atoms with Crippen LogP contribution in [0, 0.1) is 24.0 Å². The van der Waals surface area contributed by atoms with Crippen molar-refractivity contribution >= 4 is 17.3 Å². The summed E-state index contributed by atoms with van der Waals surface area (Å²) in [6, 6.07) is 4.04. The molecule has 21 heavy (non-hydrogen) atoms. The molecule has 0 spiro atoms. The molecule has 1 aromatic carbocycles. The minimum absolute atomic E-state index is 0.0876. The van der Waals surface area contributed by atoms with Gasteiger partial charge in [-0.05, 0) is 26.0 Å². The number of benzene rings is 1. The van der Waals surface area contributed by atoms with Crippen molar-refractivity contribution in [2.75, 3.05) is 5.32 Å². The lowest BCUT2D eigenvalue weighted by atomic mass is 10.1. The summed E-state index contributed by atoms with van der Waals surface area (Å²) in [6.45, 7) is 3.89. The van der Waals surface area contributed by atoms with Crippen LogP contribution in [0.2, 0.25) is 0 Å². The zero-order valence-electron chi connectivity index (χ0n) is 11.5. The van der Waals surface area contributed by atoms with Gasteiger partial charge in [0.25, 0.3) is 5.69 Å².